The third-order valence-electron chi connectivity index (χ3n) is 2.26. The minimum absolute atomic E-state index is 0.0301. The highest BCUT2D eigenvalue weighted by Gasteiger charge is 2.14. The maximum atomic E-state index is 11.0. The van der Waals surface area contributed by atoms with Crippen molar-refractivity contribution < 1.29 is 13.0 Å². The molecule has 0 aliphatic heterocycles. The van der Waals surface area contributed by atoms with E-state index in [0.717, 1.165) is 0 Å². The van der Waals surface area contributed by atoms with Crippen molar-refractivity contribution in [2.24, 2.45) is 0 Å². The first-order chi connectivity index (χ1) is 9.25. The van der Waals surface area contributed by atoms with Crippen LogP contribution < -0.4 is 16.8 Å². The van der Waals surface area contributed by atoms with E-state index in [1.165, 1.54) is 18.2 Å². The summed E-state index contributed by atoms with van der Waals surface area (Å²) in [5, 5.41) is 2.83. The molecular weight excluding hydrogens is 304 g/mol. The van der Waals surface area contributed by atoms with Gasteiger partial charge in [0.25, 0.3) is 10.1 Å². The average Bonchev–Trinajstić information content (AvgIpc) is 2.25. The summed E-state index contributed by atoms with van der Waals surface area (Å²) in [5.41, 5.74) is 6.33. The molecule has 8 nitrogen and oxygen atoms in total. The lowest BCUT2D eigenvalue weighted by Crippen LogP contribution is -2.16. The van der Waals surface area contributed by atoms with Crippen LogP contribution in [0.15, 0.2) is 23.1 Å². The highest BCUT2D eigenvalue weighted by Crippen LogP contribution is 2.23. The van der Waals surface area contributed by atoms with Gasteiger partial charge < -0.3 is 11.1 Å². The summed E-state index contributed by atoms with van der Waals surface area (Å²) < 4.78 is 31.0. The quantitative estimate of drug-likeness (QED) is 0.387. The Bertz CT molecular complexity index is 750. The summed E-state index contributed by atoms with van der Waals surface area (Å²) in [4.78, 5) is 11.3. The van der Waals surface area contributed by atoms with Gasteiger partial charge in [0.05, 0.1) is 11.4 Å². The molecule has 0 saturated heterocycles. The summed E-state index contributed by atoms with van der Waals surface area (Å²) in [5.74, 6) is 0.196. The number of nitrogen functional groups attached to an aromatic ring is 1. The highest BCUT2D eigenvalue weighted by atomic mass is 35.5. The summed E-state index contributed by atoms with van der Waals surface area (Å²) in [6.07, 6.45) is 0. The summed E-state index contributed by atoms with van der Waals surface area (Å²) >= 11 is 5.69. The van der Waals surface area contributed by atoms with Gasteiger partial charge in [-0.05, 0) is 29.8 Å². The first kappa shape index (κ1) is 14.5. The van der Waals surface area contributed by atoms with Crippen LogP contribution in [0.5, 0.6) is 0 Å². The van der Waals surface area contributed by atoms with Gasteiger partial charge in [-0.1, -0.05) is 0 Å². The predicted octanol–water partition coefficient (Wildman–Crippen LogP) is -0.644. The van der Waals surface area contributed by atoms with Gasteiger partial charge in [0.15, 0.2) is 7.85 Å². The van der Waals surface area contributed by atoms with Gasteiger partial charge in [0, 0.05) is 5.69 Å². The molecule has 11 heteroatoms. The summed E-state index contributed by atoms with van der Waals surface area (Å²) in [6, 6.07) is 3.91. The molecule has 2 rings (SSSR count). The molecule has 1 aromatic heterocycles. The van der Waals surface area contributed by atoms with Crippen molar-refractivity contribution >= 4 is 52.6 Å². The first-order valence-electron chi connectivity index (χ1n) is 5.28. The van der Waals surface area contributed by atoms with E-state index in [1.807, 2.05) is 0 Å². The fraction of sp³-hybridized carbons (Fsp3) is 0. The molecular formula is C9H9BClN5O3S. The molecule has 1 heterocycles. The number of rotatable bonds is 3. The van der Waals surface area contributed by atoms with Gasteiger partial charge in [0.2, 0.25) is 11.2 Å². The van der Waals surface area contributed by atoms with Gasteiger partial charge in [-0.2, -0.15) is 13.4 Å². The third kappa shape index (κ3) is 3.35. The molecule has 1 aromatic carbocycles. The Morgan fingerprint density at radius 2 is 2.00 bits per heavy atom. The van der Waals surface area contributed by atoms with Crippen molar-refractivity contribution in [2.45, 2.75) is 4.90 Å². The Kier molecular flexibility index (Phi) is 3.79. The number of benzene rings is 1. The van der Waals surface area contributed by atoms with Crippen molar-refractivity contribution in [3.05, 3.63) is 23.5 Å². The van der Waals surface area contributed by atoms with Gasteiger partial charge in [-0.15, -0.1) is 0 Å². The number of nitrogens with two attached hydrogens (primary N) is 1. The van der Waals surface area contributed by atoms with Gasteiger partial charge in [0.1, 0.15) is 4.90 Å². The number of hydrogen-bond donors (Lipinski definition) is 3. The molecule has 0 atom stereocenters. The van der Waals surface area contributed by atoms with Crippen LogP contribution in [-0.2, 0) is 10.1 Å². The molecule has 0 fully saturated rings. The van der Waals surface area contributed by atoms with E-state index < -0.39 is 10.1 Å². The zero-order valence-corrected chi connectivity index (χ0v) is 11.8. The van der Waals surface area contributed by atoms with Gasteiger partial charge >= 0.3 is 0 Å². The van der Waals surface area contributed by atoms with E-state index in [2.05, 4.69) is 20.3 Å². The molecule has 0 amide bonds. The number of aromatic nitrogens is 3. The lowest BCUT2D eigenvalue weighted by atomic mass is 10.1. The summed E-state index contributed by atoms with van der Waals surface area (Å²) in [6.45, 7) is 0. The molecule has 0 saturated carbocycles. The van der Waals surface area contributed by atoms with E-state index in [-0.39, 0.29) is 21.8 Å². The number of hydrogen-bond acceptors (Lipinski definition) is 7. The number of nitrogens with zero attached hydrogens (tertiary/aromatic N) is 3. The molecule has 104 valence electrons. The molecule has 2 aromatic rings. The van der Waals surface area contributed by atoms with Crippen molar-refractivity contribution in [2.75, 3.05) is 11.1 Å². The standard InChI is InChI=1S/C9H9BClN5O3S/c10-7-14-8(11)16-9(15-7)13-4-1-2-6(5(12)3-4)20(17,18)19/h1-3H,10,12H2,(H,17,18,19)(H,13,14,15,16). The second-order valence-corrected chi connectivity index (χ2v) is 5.56. The van der Waals surface area contributed by atoms with E-state index >= 15 is 0 Å². The van der Waals surface area contributed by atoms with Gasteiger partial charge in [-0.3, -0.25) is 4.55 Å². The predicted molar refractivity (Wildman–Crippen MR) is 77.0 cm³/mol. The number of halogens is 1. The second-order valence-electron chi connectivity index (χ2n) is 3.83. The fourth-order valence-electron chi connectivity index (χ4n) is 1.50. The van der Waals surface area contributed by atoms with Crippen LogP contribution in [0, 0.1) is 0 Å². The number of anilines is 3. The molecule has 0 aliphatic rings. The van der Waals surface area contributed by atoms with Crippen LogP contribution in [-0.4, -0.2) is 35.8 Å². The minimum Gasteiger partial charge on any atom is -0.398 e. The van der Waals surface area contributed by atoms with Crippen LogP contribution in [0.3, 0.4) is 0 Å². The second kappa shape index (κ2) is 5.23. The topological polar surface area (TPSA) is 131 Å². The van der Waals surface area contributed by atoms with Crippen LogP contribution in [0.4, 0.5) is 17.3 Å². The summed E-state index contributed by atoms with van der Waals surface area (Å²) in [7, 11) is -2.70. The maximum Gasteiger partial charge on any atom is 0.296 e. The molecule has 20 heavy (non-hydrogen) atoms. The SMILES string of the molecule is Bc1nc(Cl)nc(Nc2ccc(S(=O)(=O)O)c(N)c2)n1. The molecule has 0 radical (unpaired) electrons. The minimum atomic E-state index is -4.35. The van der Waals surface area contributed by atoms with Crippen LogP contribution in [0.2, 0.25) is 5.28 Å². The number of nitrogens with one attached hydrogen (secondary N) is 1. The fourth-order valence-corrected chi connectivity index (χ4v) is 2.29. The molecule has 0 bridgehead atoms. The van der Waals surface area contributed by atoms with Crippen molar-refractivity contribution in [1.29, 1.82) is 0 Å². The van der Waals surface area contributed by atoms with Crippen molar-refractivity contribution in [3.63, 3.8) is 0 Å². The van der Waals surface area contributed by atoms with E-state index in [9.17, 15) is 8.42 Å². The van der Waals surface area contributed by atoms with E-state index in [4.69, 9.17) is 21.9 Å². The lowest BCUT2D eigenvalue weighted by molar-refractivity contribution is 0.483. The Labute approximate surface area is 120 Å². The van der Waals surface area contributed by atoms with E-state index in [0.29, 0.717) is 11.4 Å². The Balaban J connectivity index is 2.33. The normalized spacial score (nSPS) is 11.3. The Morgan fingerprint density at radius 3 is 2.55 bits per heavy atom. The molecule has 0 spiro atoms. The zero-order chi connectivity index (χ0) is 14.9. The third-order valence-corrected chi connectivity index (χ3v) is 3.36. The van der Waals surface area contributed by atoms with Crippen molar-refractivity contribution in [1.82, 2.24) is 15.0 Å². The Hall–Kier alpha value is -1.91. The van der Waals surface area contributed by atoms with Crippen molar-refractivity contribution in [3.8, 4) is 0 Å². The Morgan fingerprint density at radius 1 is 1.30 bits per heavy atom. The van der Waals surface area contributed by atoms with Crippen LogP contribution in [0.25, 0.3) is 0 Å². The van der Waals surface area contributed by atoms with Crippen LogP contribution in [0.1, 0.15) is 0 Å². The van der Waals surface area contributed by atoms with Gasteiger partial charge in [-0.25, -0.2) is 9.97 Å². The van der Waals surface area contributed by atoms with E-state index in [1.54, 1.807) is 7.85 Å². The van der Waals surface area contributed by atoms with Crippen LogP contribution >= 0.6 is 11.6 Å². The molecule has 0 unspecified atom stereocenters. The first-order valence-corrected chi connectivity index (χ1v) is 7.10. The lowest BCUT2D eigenvalue weighted by Gasteiger charge is -2.08. The monoisotopic (exact) mass is 313 g/mol. The molecule has 4 N–H and O–H groups in total. The largest absolute Gasteiger partial charge is 0.398 e. The zero-order valence-electron chi connectivity index (χ0n) is 10.2. The average molecular weight is 314 g/mol. The molecule has 0 aliphatic carbocycles. The smallest absolute Gasteiger partial charge is 0.296 e. The highest BCUT2D eigenvalue weighted by molar-refractivity contribution is 7.86. The maximum absolute atomic E-state index is 11.0.